The van der Waals surface area contributed by atoms with E-state index in [4.69, 9.17) is 11.6 Å². The molecule has 0 heterocycles. The number of amides is 2. The molecule has 2 amide bonds. The minimum Gasteiger partial charge on any atom is -0.378 e. The van der Waals surface area contributed by atoms with Crippen LogP contribution in [0.4, 0.5) is 17.1 Å². The van der Waals surface area contributed by atoms with Gasteiger partial charge in [-0.3, -0.25) is 9.59 Å². The molecule has 0 saturated heterocycles. The normalized spacial score (nSPS) is 10.0. The second-order valence-corrected chi connectivity index (χ2v) is 5.60. The summed E-state index contributed by atoms with van der Waals surface area (Å²) in [5.41, 5.74) is 2.16. The standard InChI is InChI=1S/C17H18ClN3O2/c1-21(2)13-9-7-12(8-10-13)19-16(22)11-17(23)20-15-6-4-3-5-14(15)18/h3-10H,11H2,1-2H3,(H,19,22)(H,20,23). The monoisotopic (exact) mass is 331 g/mol. The van der Waals surface area contributed by atoms with Crippen LogP contribution in [-0.4, -0.2) is 25.9 Å². The molecular formula is C17H18ClN3O2. The van der Waals surface area contributed by atoms with Gasteiger partial charge in [0, 0.05) is 25.5 Å². The highest BCUT2D eigenvalue weighted by molar-refractivity contribution is 6.33. The van der Waals surface area contributed by atoms with Gasteiger partial charge in [-0.05, 0) is 36.4 Å². The van der Waals surface area contributed by atoms with Gasteiger partial charge in [-0.15, -0.1) is 0 Å². The number of nitrogens with zero attached hydrogens (tertiary/aromatic N) is 1. The average Bonchev–Trinajstić information content (AvgIpc) is 2.50. The van der Waals surface area contributed by atoms with Crippen LogP contribution in [0, 0.1) is 0 Å². The molecule has 0 aliphatic heterocycles. The Balaban J connectivity index is 1.89. The molecule has 0 unspecified atom stereocenters. The average molecular weight is 332 g/mol. The van der Waals surface area contributed by atoms with E-state index in [2.05, 4.69) is 10.6 Å². The third-order valence-electron chi connectivity index (χ3n) is 3.14. The van der Waals surface area contributed by atoms with Crippen molar-refractivity contribution in [2.75, 3.05) is 29.6 Å². The molecule has 5 nitrogen and oxygen atoms in total. The maximum atomic E-state index is 11.9. The third-order valence-corrected chi connectivity index (χ3v) is 3.47. The fourth-order valence-electron chi connectivity index (χ4n) is 1.95. The van der Waals surface area contributed by atoms with E-state index in [9.17, 15) is 9.59 Å². The van der Waals surface area contributed by atoms with E-state index in [0.717, 1.165) is 5.69 Å². The second kappa shape index (κ2) is 7.65. The fourth-order valence-corrected chi connectivity index (χ4v) is 2.13. The number of anilines is 3. The molecule has 0 aromatic heterocycles. The summed E-state index contributed by atoms with van der Waals surface area (Å²) in [6.07, 6.45) is -0.277. The van der Waals surface area contributed by atoms with Gasteiger partial charge in [0.15, 0.2) is 0 Å². The molecule has 0 fully saturated rings. The maximum absolute atomic E-state index is 11.9. The lowest BCUT2D eigenvalue weighted by Gasteiger charge is -2.13. The number of carbonyl (C=O) groups excluding carboxylic acids is 2. The lowest BCUT2D eigenvalue weighted by atomic mass is 10.2. The van der Waals surface area contributed by atoms with E-state index in [-0.39, 0.29) is 12.3 Å². The van der Waals surface area contributed by atoms with Crippen molar-refractivity contribution in [2.24, 2.45) is 0 Å². The molecule has 23 heavy (non-hydrogen) atoms. The Labute approximate surface area is 140 Å². The minimum absolute atomic E-state index is 0.277. The highest BCUT2D eigenvalue weighted by Gasteiger charge is 2.11. The zero-order valence-electron chi connectivity index (χ0n) is 13.0. The van der Waals surface area contributed by atoms with Crippen LogP contribution in [0.1, 0.15) is 6.42 Å². The van der Waals surface area contributed by atoms with Gasteiger partial charge in [-0.2, -0.15) is 0 Å². The first-order valence-corrected chi connectivity index (χ1v) is 7.45. The highest BCUT2D eigenvalue weighted by atomic mass is 35.5. The predicted octanol–water partition coefficient (Wildman–Crippen LogP) is 3.37. The largest absolute Gasteiger partial charge is 0.378 e. The van der Waals surface area contributed by atoms with E-state index in [1.165, 1.54) is 0 Å². The van der Waals surface area contributed by atoms with Gasteiger partial charge in [0.1, 0.15) is 6.42 Å². The summed E-state index contributed by atoms with van der Waals surface area (Å²) in [4.78, 5) is 25.7. The van der Waals surface area contributed by atoms with E-state index in [1.807, 2.05) is 31.1 Å². The molecule has 6 heteroatoms. The Morgan fingerprint density at radius 2 is 1.57 bits per heavy atom. The van der Waals surface area contributed by atoms with Crippen LogP contribution in [0.25, 0.3) is 0 Å². The molecule has 0 aliphatic rings. The van der Waals surface area contributed by atoms with Gasteiger partial charge >= 0.3 is 0 Å². The molecule has 2 aromatic rings. The Bertz CT molecular complexity index is 699. The number of halogens is 1. The highest BCUT2D eigenvalue weighted by Crippen LogP contribution is 2.20. The van der Waals surface area contributed by atoms with Crippen molar-refractivity contribution in [1.82, 2.24) is 0 Å². The summed E-state index contributed by atoms with van der Waals surface area (Å²) in [7, 11) is 3.87. The fraction of sp³-hybridized carbons (Fsp3) is 0.176. The molecule has 0 aliphatic carbocycles. The van der Waals surface area contributed by atoms with Crippen LogP contribution in [0.15, 0.2) is 48.5 Å². The first kappa shape index (κ1) is 16.8. The van der Waals surface area contributed by atoms with E-state index in [1.54, 1.807) is 36.4 Å². The van der Waals surface area contributed by atoms with Crippen molar-refractivity contribution in [3.8, 4) is 0 Å². The van der Waals surface area contributed by atoms with Crippen molar-refractivity contribution in [3.63, 3.8) is 0 Å². The predicted molar refractivity (Wildman–Crippen MR) is 94.1 cm³/mol. The van der Waals surface area contributed by atoms with E-state index < -0.39 is 5.91 Å². The smallest absolute Gasteiger partial charge is 0.233 e. The third kappa shape index (κ3) is 5.00. The van der Waals surface area contributed by atoms with Crippen LogP contribution in [0.2, 0.25) is 5.02 Å². The lowest BCUT2D eigenvalue weighted by Crippen LogP contribution is -2.21. The van der Waals surface area contributed by atoms with Crippen LogP contribution < -0.4 is 15.5 Å². The summed E-state index contributed by atoms with van der Waals surface area (Å²) in [5.74, 6) is -0.798. The Kier molecular flexibility index (Phi) is 5.60. The SMILES string of the molecule is CN(C)c1ccc(NC(=O)CC(=O)Nc2ccccc2Cl)cc1. The first-order valence-electron chi connectivity index (χ1n) is 7.07. The number of carbonyl (C=O) groups is 2. The molecule has 0 radical (unpaired) electrons. The Hall–Kier alpha value is -2.53. The minimum atomic E-state index is -0.416. The molecule has 0 spiro atoms. The Morgan fingerprint density at radius 1 is 0.957 bits per heavy atom. The second-order valence-electron chi connectivity index (χ2n) is 5.19. The number of nitrogens with one attached hydrogen (secondary N) is 2. The molecule has 0 atom stereocenters. The van der Waals surface area contributed by atoms with Crippen molar-refractivity contribution in [2.45, 2.75) is 6.42 Å². The van der Waals surface area contributed by atoms with Gasteiger partial charge in [0.05, 0.1) is 10.7 Å². The number of hydrogen-bond donors (Lipinski definition) is 2. The molecule has 120 valence electrons. The van der Waals surface area contributed by atoms with Crippen molar-refractivity contribution < 1.29 is 9.59 Å². The quantitative estimate of drug-likeness (QED) is 0.826. The van der Waals surface area contributed by atoms with Crippen molar-refractivity contribution in [1.29, 1.82) is 0 Å². The number of para-hydroxylation sites is 1. The van der Waals surface area contributed by atoms with Gasteiger partial charge in [-0.1, -0.05) is 23.7 Å². The van der Waals surface area contributed by atoms with E-state index in [0.29, 0.717) is 16.4 Å². The van der Waals surface area contributed by atoms with Crippen LogP contribution in [0.3, 0.4) is 0 Å². The molecule has 0 bridgehead atoms. The maximum Gasteiger partial charge on any atom is 0.233 e. The van der Waals surface area contributed by atoms with Gasteiger partial charge in [-0.25, -0.2) is 0 Å². The lowest BCUT2D eigenvalue weighted by molar-refractivity contribution is -0.123. The summed E-state index contributed by atoms with van der Waals surface area (Å²) >= 11 is 5.96. The number of rotatable bonds is 5. The van der Waals surface area contributed by atoms with Gasteiger partial charge in [0.25, 0.3) is 0 Å². The first-order chi connectivity index (χ1) is 11.0. The van der Waals surface area contributed by atoms with Crippen LogP contribution in [0.5, 0.6) is 0 Å². The van der Waals surface area contributed by atoms with Crippen LogP contribution >= 0.6 is 11.6 Å². The summed E-state index contributed by atoms with van der Waals surface area (Å²) in [6, 6.07) is 14.2. The summed E-state index contributed by atoms with van der Waals surface area (Å²) in [6.45, 7) is 0. The summed E-state index contributed by atoms with van der Waals surface area (Å²) in [5, 5.41) is 5.73. The number of hydrogen-bond acceptors (Lipinski definition) is 3. The van der Waals surface area contributed by atoms with E-state index >= 15 is 0 Å². The molecule has 2 N–H and O–H groups in total. The molecule has 0 saturated carbocycles. The van der Waals surface area contributed by atoms with Crippen molar-refractivity contribution >= 4 is 40.5 Å². The molecule has 2 aromatic carbocycles. The zero-order valence-corrected chi connectivity index (χ0v) is 13.7. The van der Waals surface area contributed by atoms with Gasteiger partial charge in [0.2, 0.25) is 11.8 Å². The number of benzene rings is 2. The zero-order chi connectivity index (χ0) is 16.8. The van der Waals surface area contributed by atoms with Gasteiger partial charge < -0.3 is 15.5 Å². The van der Waals surface area contributed by atoms with Crippen molar-refractivity contribution in [3.05, 3.63) is 53.6 Å². The Morgan fingerprint density at radius 3 is 2.17 bits per heavy atom. The topological polar surface area (TPSA) is 61.4 Å². The summed E-state index contributed by atoms with van der Waals surface area (Å²) < 4.78 is 0. The van der Waals surface area contributed by atoms with Crippen LogP contribution in [-0.2, 0) is 9.59 Å². The molecule has 2 rings (SSSR count). The molecular weight excluding hydrogens is 314 g/mol.